The van der Waals surface area contributed by atoms with Gasteiger partial charge in [0, 0.05) is 6.20 Å². The first-order valence-corrected chi connectivity index (χ1v) is 3.33. The van der Waals surface area contributed by atoms with Gasteiger partial charge in [-0.25, -0.2) is 0 Å². The van der Waals surface area contributed by atoms with E-state index in [2.05, 4.69) is 4.98 Å². The van der Waals surface area contributed by atoms with Crippen molar-refractivity contribution in [2.75, 3.05) is 6.26 Å². The van der Waals surface area contributed by atoms with Crippen molar-refractivity contribution in [1.29, 1.82) is 0 Å². The summed E-state index contributed by atoms with van der Waals surface area (Å²) in [7, 11) is 0. The average molecular weight is 114 g/mol. The van der Waals surface area contributed by atoms with E-state index in [1.54, 1.807) is 11.8 Å². The molecule has 0 aliphatic rings. The average Bonchev–Trinajstić information content (AvgIpc) is 2.14. The highest BCUT2D eigenvalue weighted by atomic mass is 32.2. The summed E-state index contributed by atoms with van der Waals surface area (Å²) in [5, 5.41) is 1.22. The van der Waals surface area contributed by atoms with Crippen LogP contribution in [0.15, 0.2) is 23.4 Å². The maximum absolute atomic E-state index is 3.05. The number of aromatic nitrogens is 1. The fourth-order valence-electron chi connectivity index (χ4n) is 0.441. The first-order chi connectivity index (χ1) is 3.43. The fraction of sp³-hybridized carbons (Fsp3) is 0.200. The molecule has 0 spiro atoms. The van der Waals surface area contributed by atoms with Crippen LogP contribution in [0.2, 0.25) is 0 Å². The zero-order valence-corrected chi connectivity index (χ0v) is 4.96. The van der Waals surface area contributed by atoms with Gasteiger partial charge in [-0.05, 0) is 18.4 Å². The minimum atomic E-state index is 1.22. The summed E-state index contributed by atoms with van der Waals surface area (Å²) in [5.41, 5.74) is 0. The van der Waals surface area contributed by atoms with Crippen LogP contribution in [-0.2, 0) is 0 Å². The van der Waals surface area contributed by atoms with Gasteiger partial charge in [-0.1, -0.05) is 0 Å². The molecule has 0 amide bonds. The molecule has 1 aromatic rings. The second-order valence-corrected chi connectivity index (χ2v) is 2.09. The van der Waals surface area contributed by atoms with Crippen LogP contribution in [0.25, 0.3) is 0 Å². The molecule has 1 N–H and O–H groups in total. The zero-order chi connectivity index (χ0) is 5.11. The predicted molar refractivity (Wildman–Crippen MR) is 32.6 cm³/mol. The molecule has 0 radical (unpaired) electrons. The van der Waals surface area contributed by atoms with Gasteiger partial charge in [0.25, 0.3) is 0 Å². The van der Waals surface area contributed by atoms with Crippen LogP contribution in [0.1, 0.15) is 0 Å². The number of rotatable bonds is 1. The highest BCUT2D eigenvalue weighted by Crippen LogP contribution is 2.08. The summed E-state index contributed by atoms with van der Waals surface area (Å²) in [6.45, 7) is 0. The minimum Gasteiger partial charge on any atom is -0.357 e. The first kappa shape index (κ1) is 4.78. The summed E-state index contributed by atoms with van der Waals surface area (Å²) >= 11 is 1.72. The molecule has 1 nitrogen and oxygen atoms in total. The maximum Gasteiger partial charge on any atom is 0.0718 e. The molecule has 0 fully saturated rings. The van der Waals surface area contributed by atoms with E-state index in [0.29, 0.717) is 0 Å². The number of H-pyrrole nitrogens is 1. The van der Waals surface area contributed by atoms with Crippen molar-refractivity contribution in [3.05, 3.63) is 18.3 Å². The Bertz CT molecular complexity index is 123. The van der Waals surface area contributed by atoms with E-state index < -0.39 is 0 Å². The van der Waals surface area contributed by atoms with Crippen molar-refractivity contribution < 1.29 is 0 Å². The van der Waals surface area contributed by atoms with Crippen molar-refractivity contribution in [3.63, 3.8) is 0 Å². The molecule has 7 heavy (non-hydrogen) atoms. The van der Waals surface area contributed by atoms with Gasteiger partial charge in [0.1, 0.15) is 0 Å². The summed E-state index contributed by atoms with van der Waals surface area (Å²) < 4.78 is 0. The lowest BCUT2D eigenvalue weighted by Crippen LogP contribution is -1.59. The molecule has 0 unspecified atom stereocenters. The van der Waals surface area contributed by atoms with Crippen LogP contribution in [0, 0.1) is 0 Å². The molecule has 0 aliphatic carbocycles. The molecule has 2 heteroatoms. The van der Waals surface area contributed by atoms with Crippen molar-refractivity contribution in [2.24, 2.45) is 0 Å². The van der Waals surface area contributed by atoms with E-state index in [-0.39, 0.29) is 0 Å². The number of thioether (sulfide) groups is 1. The van der Waals surface area contributed by atoms with E-state index >= 15 is 0 Å². The van der Waals surface area contributed by atoms with Gasteiger partial charge < -0.3 is 4.98 Å². The Morgan fingerprint density at radius 2 is 2.57 bits per heavy atom. The van der Waals surface area contributed by atoms with Crippen molar-refractivity contribution >= 4 is 11.8 Å². The Hall–Kier alpha value is -0.370. The van der Waals surface area contributed by atoms with Crippen molar-refractivity contribution in [2.45, 2.75) is 5.03 Å². The van der Waals surface area contributed by atoms with Crippen LogP contribution in [0.4, 0.5) is 0 Å². The van der Waals surface area contributed by atoms with Crippen LogP contribution in [0.5, 0.6) is 0 Å². The van der Waals surface area contributed by atoms with Crippen LogP contribution < -0.4 is 0 Å². The van der Waals surface area contributed by atoms with E-state index in [4.69, 9.17) is 0 Å². The van der Waals surface area contributed by atoms with Gasteiger partial charge in [-0.2, -0.15) is 0 Å². The SMILES string of the molecule is CS[13c]1ccc[nH]1. The fourth-order valence-corrected chi connectivity index (χ4v) is 0.841. The quantitative estimate of drug-likeness (QED) is 0.550. The molecule has 1 heterocycles. The molecule has 0 saturated carbocycles. The highest BCUT2D eigenvalue weighted by Gasteiger charge is 1.81. The molecule has 0 saturated heterocycles. The number of hydrogen-bond donors (Lipinski definition) is 1. The maximum atomic E-state index is 3.05. The third-order valence-electron chi connectivity index (χ3n) is 0.789. The third-order valence-corrected chi connectivity index (χ3v) is 1.48. The molecule has 0 bridgehead atoms. The predicted octanol–water partition coefficient (Wildman–Crippen LogP) is 1.74. The standard InChI is InChI=1S/C5H7NS/c1-7-5-3-2-4-6-5/h2-4,6H,1H3/i5+1. The van der Waals surface area contributed by atoms with Crippen molar-refractivity contribution in [3.8, 4) is 0 Å². The lowest BCUT2D eigenvalue weighted by molar-refractivity contribution is 1.21. The Labute approximate surface area is 47.1 Å². The third kappa shape index (κ3) is 0.996. The van der Waals surface area contributed by atoms with Gasteiger partial charge in [0.05, 0.1) is 5.03 Å². The lowest BCUT2D eigenvalue weighted by atomic mass is 10.8. The van der Waals surface area contributed by atoms with E-state index in [1.165, 1.54) is 5.03 Å². The zero-order valence-electron chi connectivity index (χ0n) is 4.14. The first-order valence-electron chi connectivity index (χ1n) is 2.11. The summed E-state index contributed by atoms with van der Waals surface area (Å²) in [6.07, 6.45) is 3.97. The van der Waals surface area contributed by atoms with Crippen LogP contribution in [-0.4, -0.2) is 11.2 Å². The van der Waals surface area contributed by atoms with Gasteiger partial charge in [-0.3, -0.25) is 0 Å². The summed E-state index contributed by atoms with van der Waals surface area (Å²) in [5.74, 6) is 0. The number of aromatic amines is 1. The monoisotopic (exact) mass is 114 g/mol. The second kappa shape index (κ2) is 2.07. The van der Waals surface area contributed by atoms with Crippen LogP contribution in [0.3, 0.4) is 0 Å². The smallest absolute Gasteiger partial charge is 0.0718 e. The molecular weight excluding hydrogens is 107 g/mol. The molecule has 0 aromatic carbocycles. The molecule has 0 aliphatic heterocycles. The lowest BCUT2D eigenvalue weighted by Gasteiger charge is -1.81. The molecule has 1 aromatic heterocycles. The Morgan fingerprint density at radius 3 is 2.86 bits per heavy atom. The highest BCUT2D eigenvalue weighted by molar-refractivity contribution is 7.98. The topological polar surface area (TPSA) is 15.8 Å². The second-order valence-electron chi connectivity index (χ2n) is 1.24. The number of nitrogens with one attached hydrogen (secondary N) is 1. The van der Waals surface area contributed by atoms with Crippen molar-refractivity contribution in [1.82, 2.24) is 4.98 Å². The van der Waals surface area contributed by atoms with E-state index in [1.807, 2.05) is 24.6 Å². The summed E-state index contributed by atoms with van der Waals surface area (Å²) in [4.78, 5) is 3.05. The molecule has 38 valence electrons. The van der Waals surface area contributed by atoms with E-state index in [0.717, 1.165) is 0 Å². The Balaban J connectivity index is 2.76. The molecule has 1 rings (SSSR count). The number of hydrogen-bond acceptors (Lipinski definition) is 1. The summed E-state index contributed by atoms with van der Waals surface area (Å²) in [6, 6.07) is 4.04. The normalized spacial score (nSPS) is 9.29. The van der Waals surface area contributed by atoms with Crippen LogP contribution >= 0.6 is 11.8 Å². The Kier molecular flexibility index (Phi) is 1.42. The molecule has 0 atom stereocenters. The van der Waals surface area contributed by atoms with Gasteiger partial charge >= 0.3 is 0 Å². The molecular formula is C5H7NS. The van der Waals surface area contributed by atoms with Gasteiger partial charge in [0.2, 0.25) is 0 Å². The minimum absolute atomic E-state index is 1.22. The van der Waals surface area contributed by atoms with Gasteiger partial charge in [-0.15, -0.1) is 11.8 Å². The van der Waals surface area contributed by atoms with Gasteiger partial charge in [0.15, 0.2) is 0 Å². The largest absolute Gasteiger partial charge is 0.357 e. The van der Waals surface area contributed by atoms with E-state index in [9.17, 15) is 0 Å². The Morgan fingerprint density at radius 1 is 1.71 bits per heavy atom.